The van der Waals surface area contributed by atoms with Crippen LogP contribution in [0, 0.1) is 12.7 Å². The molecule has 2 aromatic carbocycles. The molecule has 0 spiro atoms. The molecule has 1 saturated heterocycles. The Morgan fingerprint density at radius 1 is 1.11 bits per heavy atom. The highest BCUT2D eigenvalue weighted by Crippen LogP contribution is 2.22. The van der Waals surface area contributed by atoms with Gasteiger partial charge in [0.25, 0.3) is 5.91 Å². The van der Waals surface area contributed by atoms with Gasteiger partial charge in [0.15, 0.2) is 6.17 Å². The Hall–Kier alpha value is -4.41. The summed E-state index contributed by atoms with van der Waals surface area (Å²) in [7, 11) is 0. The lowest BCUT2D eigenvalue weighted by molar-refractivity contribution is -0.138. The van der Waals surface area contributed by atoms with E-state index in [9.17, 15) is 28.7 Å². The third kappa shape index (κ3) is 7.29. The zero-order chi connectivity index (χ0) is 26.9. The van der Waals surface area contributed by atoms with E-state index in [4.69, 9.17) is 0 Å². The summed E-state index contributed by atoms with van der Waals surface area (Å²) in [5.74, 6) is -2.40. The van der Waals surface area contributed by atoms with Crippen LogP contribution in [0.25, 0.3) is 0 Å². The number of benzene rings is 2. The van der Waals surface area contributed by atoms with Crippen molar-refractivity contribution < 1.29 is 28.7 Å². The monoisotopic (exact) mass is 511 g/mol. The normalized spacial score (nSPS) is 15.9. The number of nitrogens with zero attached hydrogens (tertiary/aromatic N) is 2. The van der Waals surface area contributed by atoms with E-state index in [0.717, 1.165) is 11.6 Å². The maximum atomic E-state index is 13.6. The molecule has 0 aromatic heterocycles. The molecular weight excluding hydrogens is 481 g/mol. The molecule has 0 saturated carbocycles. The summed E-state index contributed by atoms with van der Waals surface area (Å²) in [6.45, 7) is 5.86. The fourth-order valence-electron chi connectivity index (χ4n) is 4.12. The number of nitrogens with one attached hydrogen (secondary N) is 3. The van der Waals surface area contributed by atoms with Gasteiger partial charge in [-0.3, -0.25) is 19.4 Å². The molecule has 196 valence electrons. The Bertz CT molecular complexity index is 1170. The molecular formula is C26H30FN5O5. The maximum absolute atomic E-state index is 13.6. The number of hydrogen-bond acceptors (Lipinski definition) is 4. The molecule has 10 nitrogen and oxygen atoms in total. The van der Waals surface area contributed by atoms with Crippen molar-refractivity contribution in [1.29, 1.82) is 0 Å². The van der Waals surface area contributed by atoms with Gasteiger partial charge in [-0.15, -0.1) is 6.58 Å². The summed E-state index contributed by atoms with van der Waals surface area (Å²) in [4.78, 5) is 53.7. The Morgan fingerprint density at radius 3 is 2.46 bits per heavy atom. The van der Waals surface area contributed by atoms with E-state index in [1.165, 1.54) is 34.1 Å². The molecule has 0 aliphatic carbocycles. The third-order valence-corrected chi connectivity index (χ3v) is 5.76. The summed E-state index contributed by atoms with van der Waals surface area (Å²) in [6, 6.07) is 10.1. The van der Waals surface area contributed by atoms with Gasteiger partial charge >= 0.3 is 18.0 Å². The van der Waals surface area contributed by atoms with Gasteiger partial charge in [0.05, 0.1) is 12.5 Å². The molecule has 37 heavy (non-hydrogen) atoms. The van der Waals surface area contributed by atoms with Gasteiger partial charge in [0.2, 0.25) is 0 Å². The number of carbonyl (C=O) groups excluding carboxylic acids is 3. The molecule has 0 bridgehead atoms. The first-order valence-corrected chi connectivity index (χ1v) is 11.8. The standard InChI is InChI=1S/C26H30FN5O5/c1-3-11-28-25(36)31-12-6-13-32(26(37)29-20-10-5-9-19(27)15-20)24(31)23(35)30-21(16-22(33)34)18-8-4-7-17(2)14-18/h3-5,7-10,14-15,21,24H,1,6,11-13,16H2,2H3,(H,28,36)(H,29,37)(H,30,35)(H,33,34). The van der Waals surface area contributed by atoms with E-state index in [1.54, 1.807) is 18.2 Å². The first-order chi connectivity index (χ1) is 17.7. The van der Waals surface area contributed by atoms with Crippen molar-refractivity contribution in [3.05, 3.63) is 78.1 Å². The van der Waals surface area contributed by atoms with Gasteiger partial charge in [-0.1, -0.05) is 42.0 Å². The highest BCUT2D eigenvalue weighted by molar-refractivity contribution is 5.95. The molecule has 4 N–H and O–H groups in total. The number of carboxylic acids is 1. The van der Waals surface area contributed by atoms with Gasteiger partial charge in [-0.05, 0) is 37.1 Å². The second kappa shape index (κ2) is 12.5. The Labute approximate surface area is 214 Å². The van der Waals surface area contributed by atoms with Gasteiger partial charge in [-0.2, -0.15) is 0 Å². The number of urea groups is 2. The smallest absolute Gasteiger partial charge is 0.323 e. The molecule has 1 aliphatic heterocycles. The zero-order valence-corrected chi connectivity index (χ0v) is 20.4. The van der Waals surface area contributed by atoms with Crippen molar-refractivity contribution in [2.75, 3.05) is 25.0 Å². The summed E-state index contributed by atoms with van der Waals surface area (Å²) in [5, 5.41) is 17.4. The fraction of sp³-hybridized carbons (Fsp3) is 0.308. The van der Waals surface area contributed by atoms with Gasteiger partial charge in [0, 0.05) is 25.3 Å². The van der Waals surface area contributed by atoms with Crippen molar-refractivity contribution in [2.45, 2.75) is 32.0 Å². The average Bonchev–Trinajstić information content (AvgIpc) is 2.86. The lowest BCUT2D eigenvalue weighted by Gasteiger charge is -2.42. The van der Waals surface area contributed by atoms with Crippen molar-refractivity contribution >= 4 is 29.6 Å². The van der Waals surface area contributed by atoms with Crippen LogP contribution in [0.1, 0.15) is 30.0 Å². The Morgan fingerprint density at radius 2 is 1.81 bits per heavy atom. The first kappa shape index (κ1) is 27.2. The number of carbonyl (C=O) groups is 4. The van der Waals surface area contributed by atoms with E-state index in [2.05, 4.69) is 22.5 Å². The lowest BCUT2D eigenvalue weighted by Crippen LogP contribution is -2.65. The molecule has 2 atom stereocenters. The predicted molar refractivity (Wildman–Crippen MR) is 135 cm³/mol. The van der Waals surface area contributed by atoms with Crippen LogP contribution in [-0.4, -0.2) is 64.6 Å². The largest absolute Gasteiger partial charge is 0.481 e. The van der Waals surface area contributed by atoms with E-state index < -0.39 is 48.4 Å². The number of aryl methyl sites for hydroxylation is 1. The number of rotatable bonds is 8. The predicted octanol–water partition coefficient (Wildman–Crippen LogP) is 3.23. The van der Waals surface area contributed by atoms with Gasteiger partial charge in [-0.25, -0.2) is 14.0 Å². The highest BCUT2D eigenvalue weighted by Gasteiger charge is 2.41. The SMILES string of the molecule is C=CCNC(=O)N1CCCN(C(=O)Nc2cccc(F)c2)C1C(=O)NC(CC(=O)O)c1cccc(C)c1. The first-order valence-electron chi connectivity index (χ1n) is 11.8. The molecule has 0 radical (unpaired) electrons. The fourth-order valence-corrected chi connectivity index (χ4v) is 4.12. The summed E-state index contributed by atoms with van der Waals surface area (Å²) in [5.41, 5.74) is 1.63. The number of hydrogen-bond donors (Lipinski definition) is 4. The highest BCUT2D eigenvalue weighted by atomic mass is 19.1. The molecule has 3 rings (SSSR count). The minimum absolute atomic E-state index is 0.137. The number of carboxylic acid groups (broad SMARTS) is 1. The van der Waals surface area contributed by atoms with Crippen molar-refractivity contribution in [1.82, 2.24) is 20.4 Å². The van der Waals surface area contributed by atoms with E-state index in [-0.39, 0.29) is 25.3 Å². The molecule has 2 aromatic rings. The zero-order valence-electron chi connectivity index (χ0n) is 20.4. The van der Waals surface area contributed by atoms with Crippen molar-refractivity contribution in [2.24, 2.45) is 0 Å². The van der Waals surface area contributed by atoms with Crippen LogP contribution in [-0.2, 0) is 9.59 Å². The summed E-state index contributed by atoms with van der Waals surface area (Å²) in [6.07, 6.45) is 0.0814. The minimum Gasteiger partial charge on any atom is -0.481 e. The number of amides is 5. The Balaban J connectivity index is 1.92. The molecule has 1 heterocycles. The summed E-state index contributed by atoms with van der Waals surface area (Å²) < 4.78 is 13.6. The second-order valence-electron chi connectivity index (χ2n) is 8.60. The van der Waals surface area contributed by atoms with Crippen LogP contribution < -0.4 is 16.0 Å². The minimum atomic E-state index is -1.38. The van der Waals surface area contributed by atoms with Gasteiger partial charge < -0.3 is 21.1 Å². The van der Waals surface area contributed by atoms with Crippen LogP contribution in [0.2, 0.25) is 0 Å². The van der Waals surface area contributed by atoms with E-state index in [0.29, 0.717) is 12.0 Å². The van der Waals surface area contributed by atoms with Crippen molar-refractivity contribution in [3.63, 3.8) is 0 Å². The van der Waals surface area contributed by atoms with Crippen LogP contribution in [0.15, 0.2) is 61.2 Å². The third-order valence-electron chi connectivity index (χ3n) is 5.76. The second-order valence-corrected chi connectivity index (χ2v) is 8.60. The number of halogens is 1. The van der Waals surface area contributed by atoms with Gasteiger partial charge in [0.1, 0.15) is 5.82 Å². The van der Waals surface area contributed by atoms with Crippen molar-refractivity contribution in [3.8, 4) is 0 Å². The number of anilines is 1. The molecule has 11 heteroatoms. The number of aliphatic carboxylic acids is 1. The van der Waals surface area contributed by atoms with Crippen LogP contribution >= 0.6 is 0 Å². The quantitative estimate of drug-likeness (QED) is 0.404. The molecule has 1 aliphatic rings. The summed E-state index contributed by atoms with van der Waals surface area (Å²) >= 11 is 0. The lowest BCUT2D eigenvalue weighted by atomic mass is 10.0. The molecule has 1 fully saturated rings. The molecule has 2 unspecified atom stereocenters. The average molecular weight is 512 g/mol. The maximum Gasteiger partial charge on any atom is 0.323 e. The van der Waals surface area contributed by atoms with E-state index >= 15 is 0 Å². The molecule has 5 amide bonds. The van der Waals surface area contributed by atoms with Crippen LogP contribution in [0.5, 0.6) is 0 Å². The Kier molecular flexibility index (Phi) is 9.20. The topological polar surface area (TPSA) is 131 Å². The van der Waals surface area contributed by atoms with Crippen LogP contribution in [0.3, 0.4) is 0 Å². The van der Waals surface area contributed by atoms with E-state index in [1.807, 2.05) is 13.0 Å². The van der Waals surface area contributed by atoms with Crippen LogP contribution in [0.4, 0.5) is 19.7 Å².